The molecule has 1 amide bonds. The second-order valence-electron chi connectivity index (χ2n) is 7.15. The number of carbonyl (C=O) groups excluding carboxylic acids is 3. The zero-order valence-corrected chi connectivity index (χ0v) is 18.2. The SMILES string of the molecule is Cc1ccc(C(=O)CCC(=O)CCC(=O)N(C)CCCOc2ccccc2C)s1. The van der Waals surface area contributed by atoms with Crippen LogP contribution in [0.5, 0.6) is 5.75 Å². The van der Waals surface area contributed by atoms with Crippen LogP contribution >= 0.6 is 11.3 Å². The second-order valence-corrected chi connectivity index (χ2v) is 8.44. The lowest BCUT2D eigenvalue weighted by molar-refractivity contribution is -0.132. The molecule has 0 aliphatic heterocycles. The number of thiophene rings is 1. The van der Waals surface area contributed by atoms with E-state index in [1.807, 2.05) is 44.2 Å². The average molecular weight is 416 g/mol. The summed E-state index contributed by atoms with van der Waals surface area (Å²) >= 11 is 1.45. The molecule has 1 heterocycles. The molecule has 0 unspecified atom stereocenters. The number of amides is 1. The quantitative estimate of drug-likeness (QED) is 0.375. The predicted molar refractivity (Wildman–Crippen MR) is 116 cm³/mol. The fourth-order valence-corrected chi connectivity index (χ4v) is 3.68. The highest BCUT2D eigenvalue weighted by Crippen LogP contribution is 2.18. The molecule has 0 fully saturated rings. The van der Waals surface area contributed by atoms with Crippen LogP contribution in [0.3, 0.4) is 0 Å². The van der Waals surface area contributed by atoms with Crippen molar-refractivity contribution in [3.05, 3.63) is 51.7 Å². The number of carbonyl (C=O) groups is 3. The first-order valence-corrected chi connectivity index (χ1v) is 10.7. The minimum absolute atomic E-state index is 0.00597. The summed E-state index contributed by atoms with van der Waals surface area (Å²) in [4.78, 5) is 39.7. The highest BCUT2D eigenvalue weighted by molar-refractivity contribution is 7.14. The van der Waals surface area contributed by atoms with Gasteiger partial charge in [0.25, 0.3) is 0 Å². The van der Waals surface area contributed by atoms with E-state index in [-0.39, 0.29) is 43.2 Å². The van der Waals surface area contributed by atoms with E-state index >= 15 is 0 Å². The zero-order chi connectivity index (χ0) is 21.2. The molecule has 5 nitrogen and oxygen atoms in total. The molecule has 156 valence electrons. The molecule has 0 aliphatic carbocycles. The van der Waals surface area contributed by atoms with E-state index in [0.717, 1.165) is 22.6 Å². The normalized spacial score (nSPS) is 10.6. The third-order valence-corrected chi connectivity index (χ3v) is 5.72. The Morgan fingerprint density at radius 1 is 0.966 bits per heavy atom. The van der Waals surface area contributed by atoms with Crippen LogP contribution in [0.15, 0.2) is 36.4 Å². The first kappa shape index (κ1) is 22.8. The molecule has 1 aromatic heterocycles. The van der Waals surface area contributed by atoms with Crippen molar-refractivity contribution in [2.24, 2.45) is 0 Å². The topological polar surface area (TPSA) is 63.7 Å². The van der Waals surface area contributed by atoms with Crippen LogP contribution in [0.4, 0.5) is 0 Å². The van der Waals surface area contributed by atoms with Gasteiger partial charge in [-0.2, -0.15) is 0 Å². The van der Waals surface area contributed by atoms with Crippen LogP contribution in [0.2, 0.25) is 0 Å². The largest absolute Gasteiger partial charge is 0.493 e. The molecule has 1 aromatic carbocycles. The van der Waals surface area contributed by atoms with E-state index < -0.39 is 0 Å². The molecule has 2 rings (SSSR count). The number of rotatable bonds is 12. The lowest BCUT2D eigenvalue weighted by atomic mass is 10.1. The van der Waals surface area contributed by atoms with E-state index in [9.17, 15) is 14.4 Å². The molecule has 0 bridgehead atoms. The van der Waals surface area contributed by atoms with Crippen molar-refractivity contribution < 1.29 is 19.1 Å². The van der Waals surface area contributed by atoms with Crippen molar-refractivity contribution in [1.29, 1.82) is 0 Å². The summed E-state index contributed by atoms with van der Waals surface area (Å²) in [7, 11) is 1.74. The molecule has 0 saturated heterocycles. The van der Waals surface area contributed by atoms with Gasteiger partial charge in [-0.05, 0) is 44.0 Å². The number of hydrogen-bond acceptors (Lipinski definition) is 5. The molecule has 0 spiro atoms. The summed E-state index contributed by atoms with van der Waals surface area (Å²) in [6.07, 6.45) is 1.48. The van der Waals surface area contributed by atoms with E-state index in [1.54, 1.807) is 18.0 Å². The maximum Gasteiger partial charge on any atom is 0.222 e. The minimum atomic E-state index is -0.0607. The molecule has 0 radical (unpaired) electrons. The van der Waals surface area contributed by atoms with Gasteiger partial charge in [-0.1, -0.05) is 18.2 Å². The highest BCUT2D eigenvalue weighted by Gasteiger charge is 2.14. The third-order valence-electron chi connectivity index (χ3n) is 4.68. The standard InChI is InChI=1S/C23H29NO4S/c1-17-7-4-5-8-21(17)28-16-6-15-24(3)23(27)14-11-19(25)10-12-20(26)22-13-9-18(2)29-22/h4-5,7-9,13H,6,10-12,14-16H2,1-3H3. The monoisotopic (exact) mass is 415 g/mol. The number of benzene rings is 1. The van der Waals surface area contributed by atoms with Gasteiger partial charge < -0.3 is 9.64 Å². The van der Waals surface area contributed by atoms with Gasteiger partial charge in [-0.3, -0.25) is 14.4 Å². The number of para-hydroxylation sites is 1. The van der Waals surface area contributed by atoms with Crippen molar-refractivity contribution in [3.63, 3.8) is 0 Å². The fraction of sp³-hybridized carbons (Fsp3) is 0.435. The Morgan fingerprint density at radius 2 is 1.69 bits per heavy atom. The molecule has 0 saturated carbocycles. The Hall–Kier alpha value is -2.47. The maximum atomic E-state index is 12.2. The number of nitrogens with zero attached hydrogens (tertiary/aromatic N) is 1. The summed E-state index contributed by atoms with van der Waals surface area (Å²) in [5, 5.41) is 0. The van der Waals surface area contributed by atoms with Gasteiger partial charge >= 0.3 is 0 Å². The van der Waals surface area contributed by atoms with Crippen molar-refractivity contribution in [1.82, 2.24) is 4.90 Å². The van der Waals surface area contributed by atoms with E-state index in [4.69, 9.17) is 4.74 Å². The first-order valence-electron chi connectivity index (χ1n) is 9.90. The molecule has 29 heavy (non-hydrogen) atoms. The van der Waals surface area contributed by atoms with Gasteiger partial charge in [0.1, 0.15) is 11.5 Å². The van der Waals surface area contributed by atoms with E-state index in [0.29, 0.717) is 18.0 Å². The summed E-state index contributed by atoms with van der Waals surface area (Å²) in [6, 6.07) is 11.5. The van der Waals surface area contributed by atoms with Crippen LogP contribution < -0.4 is 4.74 Å². The third kappa shape index (κ3) is 7.81. The van der Waals surface area contributed by atoms with Crippen molar-refractivity contribution in [2.45, 2.75) is 46.0 Å². The smallest absolute Gasteiger partial charge is 0.222 e. The minimum Gasteiger partial charge on any atom is -0.493 e. The molecule has 0 atom stereocenters. The number of hydrogen-bond donors (Lipinski definition) is 0. The Labute approximate surface area is 176 Å². The molecular formula is C23H29NO4S. The van der Waals surface area contributed by atoms with Crippen molar-refractivity contribution in [2.75, 3.05) is 20.2 Å². The molecule has 0 aliphatic rings. The van der Waals surface area contributed by atoms with Gasteiger partial charge in [-0.15, -0.1) is 11.3 Å². The van der Waals surface area contributed by atoms with Gasteiger partial charge in [0, 0.05) is 44.2 Å². The lowest BCUT2D eigenvalue weighted by Gasteiger charge is -2.17. The summed E-state index contributed by atoms with van der Waals surface area (Å²) < 4.78 is 5.73. The molecule has 0 N–H and O–H groups in total. The van der Waals surface area contributed by atoms with Gasteiger partial charge in [0.05, 0.1) is 11.5 Å². The van der Waals surface area contributed by atoms with Crippen LogP contribution in [0, 0.1) is 13.8 Å². The zero-order valence-electron chi connectivity index (χ0n) is 17.4. The van der Waals surface area contributed by atoms with Gasteiger partial charge in [0.2, 0.25) is 5.91 Å². The number of ketones is 2. The number of aryl methyl sites for hydroxylation is 2. The lowest BCUT2D eigenvalue weighted by Crippen LogP contribution is -2.29. The molecule has 6 heteroatoms. The number of ether oxygens (including phenoxy) is 1. The average Bonchev–Trinajstić information content (AvgIpc) is 3.15. The van der Waals surface area contributed by atoms with E-state index in [2.05, 4.69) is 0 Å². The van der Waals surface area contributed by atoms with E-state index in [1.165, 1.54) is 11.3 Å². The first-order chi connectivity index (χ1) is 13.9. The molecule has 2 aromatic rings. The Bertz CT molecular complexity index is 843. The van der Waals surface area contributed by atoms with Crippen LogP contribution in [-0.2, 0) is 9.59 Å². The Kier molecular flexibility index (Phi) is 9.06. The van der Waals surface area contributed by atoms with Gasteiger partial charge in [-0.25, -0.2) is 0 Å². The predicted octanol–water partition coefficient (Wildman–Crippen LogP) is 4.60. The Balaban J connectivity index is 1.60. The molecular weight excluding hydrogens is 386 g/mol. The van der Waals surface area contributed by atoms with Crippen molar-refractivity contribution >= 4 is 28.8 Å². The Morgan fingerprint density at radius 3 is 2.38 bits per heavy atom. The van der Waals surface area contributed by atoms with Crippen LogP contribution in [0.25, 0.3) is 0 Å². The van der Waals surface area contributed by atoms with Crippen LogP contribution in [-0.4, -0.2) is 42.6 Å². The summed E-state index contributed by atoms with van der Waals surface area (Å²) in [6.45, 7) is 5.06. The number of Topliss-reactive ketones (excluding diaryl/α,β-unsaturated/α-hetero) is 2. The second kappa shape index (κ2) is 11.5. The highest BCUT2D eigenvalue weighted by atomic mass is 32.1. The fourth-order valence-electron chi connectivity index (χ4n) is 2.85. The maximum absolute atomic E-state index is 12.2. The summed E-state index contributed by atoms with van der Waals surface area (Å²) in [5.74, 6) is 0.749. The van der Waals surface area contributed by atoms with Gasteiger partial charge in [0.15, 0.2) is 5.78 Å². The van der Waals surface area contributed by atoms with Crippen molar-refractivity contribution in [3.8, 4) is 5.75 Å². The summed E-state index contributed by atoms with van der Waals surface area (Å²) in [5.41, 5.74) is 1.09. The van der Waals surface area contributed by atoms with Crippen LogP contribution in [0.1, 0.15) is 52.2 Å².